The van der Waals surface area contributed by atoms with Crippen LogP contribution in [0.25, 0.3) is 10.8 Å². The van der Waals surface area contributed by atoms with Crippen molar-refractivity contribution < 1.29 is 14.3 Å². The van der Waals surface area contributed by atoms with Gasteiger partial charge in [-0.15, -0.1) is 0 Å². The van der Waals surface area contributed by atoms with E-state index in [9.17, 15) is 9.59 Å². The minimum absolute atomic E-state index is 0.0403. The van der Waals surface area contributed by atoms with Gasteiger partial charge in [-0.25, -0.2) is 4.79 Å². The number of carbonyl (C=O) groups excluding carboxylic acids is 2. The van der Waals surface area contributed by atoms with Gasteiger partial charge in [0.05, 0.1) is 13.2 Å². The molecule has 2 fully saturated rings. The fourth-order valence-corrected chi connectivity index (χ4v) is 4.28. The first kappa shape index (κ1) is 18.6. The van der Waals surface area contributed by atoms with Gasteiger partial charge < -0.3 is 20.3 Å². The predicted octanol–water partition coefficient (Wildman–Crippen LogP) is 3.36. The highest BCUT2D eigenvalue weighted by atomic mass is 16.5. The van der Waals surface area contributed by atoms with E-state index in [1.807, 2.05) is 36.1 Å². The number of urea groups is 1. The molecule has 0 aromatic heterocycles. The highest BCUT2D eigenvalue weighted by molar-refractivity contribution is 5.85. The fourth-order valence-electron chi connectivity index (χ4n) is 4.28. The number of piperidine rings is 1. The van der Waals surface area contributed by atoms with Gasteiger partial charge in [0.2, 0.25) is 5.91 Å². The van der Waals surface area contributed by atoms with Crippen LogP contribution in [0.15, 0.2) is 36.4 Å². The Kier molecular flexibility index (Phi) is 4.87. The van der Waals surface area contributed by atoms with E-state index in [2.05, 4.69) is 22.8 Å². The molecule has 6 nitrogen and oxygen atoms in total. The maximum absolute atomic E-state index is 12.7. The summed E-state index contributed by atoms with van der Waals surface area (Å²) in [6, 6.07) is 12.1. The number of benzene rings is 2. The van der Waals surface area contributed by atoms with E-state index in [-0.39, 0.29) is 23.5 Å². The van der Waals surface area contributed by atoms with Gasteiger partial charge in [-0.3, -0.25) is 4.79 Å². The van der Waals surface area contributed by atoms with Crippen molar-refractivity contribution in [2.45, 2.75) is 44.2 Å². The van der Waals surface area contributed by atoms with Crippen molar-refractivity contribution >= 4 is 22.7 Å². The number of amides is 3. The standard InChI is InChI=1S/C22H27N3O3/c1-15(16-3-4-18-14-19(28-2)6-5-17(18)13-16)23-21(27)25-11-9-22(10-12-25)8-7-20(26)24-22/h3-6,13-15H,7-12H2,1-2H3,(H,23,27)(H,24,26)/t15-/m0/s1. The van der Waals surface area contributed by atoms with Crippen molar-refractivity contribution in [3.05, 3.63) is 42.0 Å². The minimum atomic E-state index is -0.0844. The monoisotopic (exact) mass is 381 g/mol. The van der Waals surface area contributed by atoms with Crippen molar-refractivity contribution in [2.24, 2.45) is 0 Å². The molecule has 1 spiro atoms. The van der Waals surface area contributed by atoms with Crippen LogP contribution in [-0.2, 0) is 4.79 Å². The van der Waals surface area contributed by atoms with Gasteiger partial charge in [0.25, 0.3) is 0 Å². The van der Waals surface area contributed by atoms with Crippen LogP contribution in [0, 0.1) is 0 Å². The molecule has 1 atom stereocenters. The third kappa shape index (κ3) is 3.63. The van der Waals surface area contributed by atoms with Crippen molar-refractivity contribution in [3.8, 4) is 5.75 Å². The highest BCUT2D eigenvalue weighted by Crippen LogP contribution is 2.31. The van der Waals surface area contributed by atoms with Gasteiger partial charge >= 0.3 is 6.03 Å². The number of fused-ring (bicyclic) bond motifs is 1. The number of rotatable bonds is 3. The minimum Gasteiger partial charge on any atom is -0.497 e. The smallest absolute Gasteiger partial charge is 0.317 e. The van der Waals surface area contributed by atoms with Crippen molar-refractivity contribution in [3.63, 3.8) is 0 Å². The molecule has 2 aromatic carbocycles. The second-order valence-electron chi connectivity index (χ2n) is 7.96. The SMILES string of the molecule is COc1ccc2cc([C@H](C)NC(=O)N3CCC4(CCC(=O)N4)CC3)ccc2c1. The first-order valence-corrected chi connectivity index (χ1v) is 9.92. The Morgan fingerprint density at radius 3 is 2.54 bits per heavy atom. The number of methoxy groups -OCH3 is 1. The van der Waals surface area contributed by atoms with Gasteiger partial charge in [0, 0.05) is 25.0 Å². The summed E-state index contributed by atoms with van der Waals surface area (Å²) in [4.78, 5) is 26.1. The van der Waals surface area contributed by atoms with Crippen molar-refractivity contribution in [1.82, 2.24) is 15.5 Å². The molecule has 0 bridgehead atoms. The largest absolute Gasteiger partial charge is 0.497 e. The molecule has 2 N–H and O–H groups in total. The highest BCUT2D eigenvalue weighted by Gasteiger charge is 2.41. The molecule has 28 heavy (non-hydrogen) atoms. The summed E-state index contributed by atoms with van der Waals surface area (Å²) in [5.41, 5.74) is 0.987. The predicted molar refractivity (Wildman–Crippen MR) is 108 cm³/mol. The Bertz CT molecular complexity index is 903. The fraction of sp³-hybridized carbons (Fsp3) is 0.455. The molecular formula is C22H27N3O3. The molecule has 0 aliphatic carbocycles. The van der Waals surface area contributed by atoms with Gasteiger partial charge in [0.1, 0.15) is 5.75 Å². The molecule has 0 radical (unpaired) electrons. The quantitative estimate of drug-likeness (QED) is 0.856. The third-order valence-electron chi connectivity index (χ3n) is 6.15. The van der Waals surface area contributed by atoms with Gasteiger partial charge in [0.15, 0.2) is 0 Å². The number of nitrogens with one attached hydrogen (secondary N) is 2. The number of hydrogen-bond acceptors (Lipinski definition) is 3. The number of nitrogens with zero attached hydrogens (tertiary/aromatic N) is 1. The summed E-state index contributed by atoms with van der Waals surface area (Å²) in [5.74, 6) is 0.975. The molecule has 2 aromatic rings. The first-order chi connectivity index (χ1) is 13.5. The van der Waals surface area contributed by atoms with Crippen LogP contribution in [0.5, 0.6) is 5.75 Å². The zero-order valence-electron chi connectivity index (χ0n) is 16.5. The van der Waals surface area contributed by atoms with Gasteiger partial charge in [-0.1, -0.05) is 18.2 Å². The number of ether oxygens (including phenoxy) is 1. The van der Waals surface area contributed by atoms with E-state index in [1.165, 1.54) is 0 Å². The molecule has 2 aliphatic heterocycles. The molecule has 6 heteroatoms. The zero-order valence-corrected chi connectivity index (χ0v) is 16.5. The topological polar surface area (TPSA) is 70.7 Å². The van der Waals surface area contributed by atoms with Gasteiger partial charge in [-0.05, 0) is 60.7 Å². The molecule has 2 heterocycles. The Morgan fingerprint density at radius 1 is 1.14 bits per heavy atom. The lowest BCUT2D eigenvalue weighted by Crippen LogP contribution is -2.54. The molecule has 2 saturated heterocycles. The Hall–Kier alpha value is -2.76. The molecule has 4 rings (SSSR count). The second-order valence-corrected chi connectivity index (χ2v) is 7.96. The van der Waals surface area contributed by atoms with Crippen LogP contribution >= 0.6 is 0 Å². The van der Waals surface area contributed by atoms with Crippen LogP contribution in [0.1, 0.15) is 44.2 Å². The van der Waals surface area contributed by atoms with E-state index in [0.717, 1.165) is 41.3 Å². The lowest BCUT2D eigenvalue weighted by Gasteiger charge is -2.39. The second kappa shape index (κ2) is 7.34. The van der Waals surface area contributed by atoms with Crippen LogP contribution in [0.4, 0.5) is 4.79 Å². The zero-order chi connectivity index (χ0) is 19.7. The van der Waals surface area contributed by atoms with E-state index >= 15 is 0 Å². The Balaban J connectivity index is 1.38. The third-order valence-corrected chi connectivity index (χ3v) is 6.15. The molecule has 3 amide bonds. The van der Waals surface area contributed by atoms with Crippen molar-refractivity contribution in [1.29, 1.82) is 0 Å². The first-order valence-electron chi connectivity index (χ1n) is 9.92. The maximum atomic E-state index is 12.7. The average Bonchev–Trinajstić information content (AvgIpc) is 3.07. The summed E-state index contributed by atoms with van der Waals surface area (Å²) in [6.45, 7) is 3.36. The lowest BCUT2D eigenvalue weighted by molar-refractivity contribution is -0.120. The Morgan fingerprint density at radius 2 is 1.86 bits per heavy atom. The summed E-state index contributed by atoms with van der Waals surface area (Å²) < 4.78 is 5.27. The molecule has 148 valence electrons. The van der Waals surface area contributed by atoms with Crippen LogP contribution in [-0.4, -0.2) is 42.6 Å². The van der Waals surface area contributed by atoms with E-state index < -0.39 is 0 Å². The summed E-state index contributed by atoms with van der Waals surface area (Å²) in [5, 5.41) is 8.46. The summed E-state index contributed by atoms with van der Waals surface area (Å²) in [7, 11) is 1.66. The van der Waals surface area contributed by atoms with E-state index in [4.69, 9.17) is 4.74 Å². The normalized spacial score (nSPS) is 19.5. The number of hydrogen-bond donors (Lipinski definition) is 2. The molecule has 2 aliphatic rings. The average molecular weight is 381 g/mol. The van der Waals surface area contributed by atoms with Crippen LogP contribution < -0.4 is 15.4 Å². The number of carbonyl (C=O) groups is 2. The summed E-state index contributed by atoms with van der Waals surface area (Å²) >= 11 is 0. The summed E-state index contributed by atoms with van der Waals surface area (Å²) in [6.07, 6.45) is 3.16. The van der Waals surface area contributed by atoms with E-state index in [1.54, 1.807) is 7.11 Å². The Labute approximate surface area is 165 Å². The van der Waals surface area contributed by atoms with E-state index in [0.29, 0.717) is 19.5 Å². The lowest BCUT2D eigenvalue weighted by atomic mass is 9.86. The molecule has 0 unspecified atom stereocenters. The van der Waals surface area contributed by atoms with Crippen LogP contribution in [0.3, 0.4) is 0 Å². The van der Waals surface area contributed by atoms with Gasteiger partial charge in [-0.2, -0.15) is 0 Å². The maximum Gasteiger partial charge on any atom is 0.317 e. The molecule has 0 saturated carbocycles. The van der Waals surface area contributed by atoms with Crippen LogP contribution in [0.2, 0.25) is 0 Å². The molecular weight excluding hydrogens is 354 g/mol. The van der Waals surface area contributed by atoms with Crippen molar-refractivity contribution in [2.75, 3.05) is 20.2 Å². The number of likely N-dealkylation sites (tertiary alicyclic amines) is 1.